The number of hydrazone groups is 1. The van der Waals surface area contributed by atoms with E-state index in [1.54, 1.807) is 6.21 Å². The molecule has 1 amide bonds. The van der Waals surface area contributed by atoms with Gasteiger partial charge in [-0.1, -0.05) is 55.1 Å². The predicted octanol–water partition coefficient (Wildman–Crippen LogP) is 4.95. The molecule has 1 fully saturated rings. The zero-order valence-corrected chi connectivity index (χ0v) is 15.4. The third kappa shape index (κ3) is 5.33. The monoisotopic (exact) mass is 370 g/mol. The minimum Gasteiger partial charge on any atom is -0.488 e. The van der Waals surface area contributed by atoms with Crippen molar-refractivity contribution in [2.24, 2.45) is 11.0 Å². The molecular weight excluding hydrogens is 348 g/mol. The molecule has 136 valence electrons. The molecule has 26 heavy (non-hydrogen) atoms. The summed E-state index contributed by atoms with van der Waals surface area (Å²) >= 11 is 5.90. The van der Waals surface area contributed by atoms with E-state index in [4.69, 9.17) is 16.3 Å². The van der Waals surface area contributed by atoms with E-state index in [-0.39, 0.29) is 11.8 Å². The standard InChI is InChI=1S/C21H23ClN2O2/c22-19-12-10-16(11-13-19)15-26-20-9-5-4-8-18(20)14-23-24-21(25)17-6-2-1-3-7-17/h4-5,8-14,17H,1-3,6-7,15H2,(H,24,25)/b23-14-. The van der Waals surface area contributed by atoms with Crippen molar-refractivity contribution < 1.29 is 9.53 Å². The number of amides is 1. The Morgan fingerprint density at radius 1 is 1.12 bits per heavy atom. The summed E-state index contributed by atoms with van der Waals surface area (Å²) in [6.45, 7) is 0.441. The molecule has 2 aromatic carbocycles. The van der Waals surface area contributed by atoms with Crippen molar-refractivity contribution in [3.8, 4) is 5.75 Å². The van der Waals surface area contributed by atoms with Gasteiger partial charge in [-0.25, -0.2) is 5.43 Å². The number of carbonyl (C=O) groups excluding carboxylic acids is 1. The van der Waals surface area contributed by atoms with Crippen LogP contribution in [0.2, 0.25) is 5.02 Å². The highest BCUT2D eigenvalue weighted by atomic mass is 35.5. The molecule has 2 aromatic rings. The molecule has 1 saturated carbocycles. The van der Waals surface area contributed by atoms with E-state index in [1.165, 1.54) is 6.42 Å². The predicted molar refractivity (Wildman–Crippen MR) is 105 cm³/mol. The second kappa shape index (κ2) is 9.39. The molecule has 1 aliphatic rings. The van der Waals surface area contributed by atoms with Gasteiger partial charge in [0.05, 0.1) is 6.21 Å². The number of halogens is 1. The fourth-order valence-electron chi connectivity index (χ4n) is 3.08. The van der Waals surface area contributed by atoms with Crippen molar-refractivity contribution in [3.05, 3.63) is 64.7 Å². The highest BCUT2D eigenvalue weighted by Crippen LogP contribution is 2.23. The first-order valence-corrected chi connectivity index (χ1v) is 9.39. The summed E-state index contributed by atoms with van der Waals surface area (Å²) in [6.07, 6.45) is 7.04. The molecule has 4 nitrogen and oxygen atoms in total. The number of ether oxygens (including phenoxy) is 1. The van der Waals surface area contributed by atoms with Crippen LogP contribution in [0.1, 0.15) is 43.2 Å². The van der Waals surface area contributed by atoms with Crippen molar-refractivity contribution >= 4 is 23.7 Å². The van der Waals surface area contributed by atoms with Crippen molar-refractivity contribution in [3.63, 3.8) is 0 Å². The number of nitrogens with one attached hydrogen (secondary N) is 1. The minimum atomic E-state index is 0.0144. The summed E-state index contributed by atoms with van der Waals surface area (Å²) in [5.41, 5.74) is 4.53. The van der Waals surface area contributed by atoms with Gasteiger partial charge in [-0.15, -0.1) is 0 Å². The number of carbonyl (C=O) groups is 1. The van der Waals surface area contributed by atoms with Gasteiger partial charge in [0.25, 0.3) is 0 Å². The van der Waals surface area contributed by atoms with Gasteiger partial charge in [0, 0.05) is 16.5 Å². The van der Waals surface area contributed by atoms with Crippen molar-refractivity contribution in [2.75, 3.05) is 0 Å². The highest BCUT2D eigenvalue weighted by molar-refractivity contribution is 6.30. The first-order valence-electron chi connectivity index (χ1n) is 9.01. The van der Waals surface area contributed by atoms with E-state index in [9.17, 15) is 4.79 Å². The summed E-state index contributed by atoms with van der Waals surface area (Å²) < 4.78 is 5.89. The number of nitrogens with zero attached hydrogens (tertiary/aromatic N) is 1. The summed E-state index contributed by atoms with van der Waals surface area (Å²) in [6, 6.07) is 15.2. The van der Waals surface area contributed by atoms with Crippen molar-refractivity contribution in [2.45, 2.75) is 38.7 Å². The number of rotatable bonds is 6. The SMILES string of the molecule is O=C(N/N=C\c1ccccc1OCc1ccc(Cl)cc1)C1CCCCC1. The molecule has 0 atom stereocenters. The first-order chi connectivity index (χ1) is 12.7. The van der Waals surface area contributed by atoms with Crippen LogP contribution in [-0.2, 0) is 11.4 Å². The molecule has 0 radical (unpaired) electrons. The summed E-state index contributed by atoms with van der Waals surface area (Å²) in [5, 5.41) is 4.83. The average Bonchev–Trinajstić information content (AvgIpc) is 2.69. The third-order valence-corrected chi connectivity index (χ3v) is 4.83. The van der Waals surface area contributed by atoms with Crippen LogP contribution in [0.5, 0.6) is 5.75 Å². The average molecular weight is 371 g/mol. The van der Waals surface area contributed by atoms with Gasteiger partial charge >= 0.3 is 0 Å². The fraction of sp³-hybridized carbons (Fsp3) is 0.333. The van der Waals surface area contributed by atoms with Gasteiger partial charge in [0.15, 0.2) is 0 Å². The van der Waals surface area contributed by atoms with Gasteiger partial charge in [-0.05, 0) is 42.7 Å². The largest absolute Gasteiger partial charge is 0.488 e. The summed E-state index contributed by atoms with van der Waals surface area (Å²) in [4.78, 5) is 12.1. The minimum absolute atomic E-state index is 0.0144. The molecule has 0 aromatic heterocycles. The van der Waals surface area contributed by atoms with Gasteiger partial charge in [-0.3, -0.25) is 4.79 Å². The van der Waals surface area contributed by atoms with Gasteiger partial charge in [-0.2, -0.15) is 5.10 Å². The number of hydrogen-bond donors (Lipinski definition) is 1. The Morgan fingerprint density at radius 3 is 2.62 bits per heavy atom. The second-order valence-electron chi connectivity index (χ2n) is 6.52. The van der Waals surface area contributed by atoms with Gasteiger partial charge < -0.3 is 4.74 Å². The van der Waals surface area contributed by atoms with Crippen LogP contribution in [0.4, 0.5) is 0 Å². The molecule has 0 bridgehead atoms. The first kappa shape index (κ1) is 18.5. The quantitative estimate of drug-likeness (QED) is 0.577. The van der Waals surface area contributed by atoms with E-state index in [2.05, 4.69) is 10.5 Å². The Labute approximate surface area is 159 Å². The van der Waals surface area contributed by atoms with Crippen LogP contribution in [0, 0.1) is 5.92 Å². The molecule has 5 heteroatoms. The molecule has 0 spiro atoms. The Balaban J connectivity index is 1.57. The molecule has 0 heterocycles. The smallest absolute Gasteiger partial charge is 0.243 e. The van der Waals surface area contributed by atoms with Crippen LogP contribution in [0.15, 0.2) is 53.6 Å². The molecule has 0 saturated heterocycles. The maximum Gasteiger partial charge on any atom is 0.243 e. The lowest BCUT2D eigenvalue weighted by Gasteiger charge is -2.19. The molecular formula is C21H23ClN2O2. The van der Waals surface area contributed by atoms with Crippen molar-refractivity contribution in [1.29, 1.82) is 0 Å². The normalized spacial score (nSPS) is 15.1. The summed E-state index contributed by atoms with van der Waals surface area (Å²) in [7, 11) is 0. The van der Waals surface area contributed by atoms with E-state index in [0.717, 1.165) is 42.6 Å². The molecule has 0 aliphatic heterocycles. The second-order valence-corrected chi connectivity index (χ2v) is 6.96. The molecule has 1 N–H and O–H groups in total. The van der Waals surface area contributed by atoms with E-state index in [0.29, 0.717) is 11.6 Å². The van der Waals surface area contributed by atoms with Crippen LogP contribution in [-0.4, -0.2) is 12.1 Å². The Hall–Kier alpha value is -2.33. The number of para-hydroxylation sites is 1. The topological polar surface area (TPSA) is 50.7 Å². The lowest BCUT2D eigenvalue weighted by atomic mass is 9.89. The maximum atomic E-state index is 12.1. The highest BCUT2D eigenvalue weighted by Gasteiger charge is 2.20. The van der Waals surface area contributed by atoms with Crippen LogP contribution in [0.25, 0.3) is 0 Å². The maximum absolute atomic E-state index is 12.1. The lowest BCUT2D eigenvalue weighted by Crippen LogP contribution is -2.28. The molecule has 0 unspecified atom stereocenters. The van der Waals surface area contributed by atoms with E-state index in [1.807, 2.05) is 48.5 Å². The molecule has 3 rings (SSSR count). The third-order valence-electron chi connectivity index (χ3n) is 4.58. The zero-order chi connectivity index (χ0) is 18.2. The van der Waals surface area contributed by atoms with Gasteiger partial charge in [0.2, 0.25) is 5.91 Å². The molecule has 1 aliphatic carbocycles. The van der Waals surface area contributed by atoms with Crippen LogP contribution in [0.3, 0.4) is 0 Å². The van der Waals surface area contributed by atoms with Crippen LogP contribution >= 0.6 is 11.6 Å². The van der Waals surface area contributed by atoms with E-state index < -0.39 is 0 Å². The number of hydrogen-bond acceptors (Lipinski definition) is 3. The Morgan fingerprint density at radius 2 is 1.85 bits per heavy atom. The van der Waals surface area contributed by atoms with E-state index >= 15 is 0 Å². The Bertz CT molecular complexity index is 753. The van der Waals surface area contributed by atoms with Crippen molar-refractivity contribution in [1.82, 2.24) is 5.43 Å². The summed E-state index contributed by atoms with van der Waals surface area (Å²) in [5.74, 6) is 0.830. The lowest BCUT2D eigenvalue weighted by molar-refractivity contribution is -0.125. The fourth-order valence-corrected chi connectivity index (χ4v) is 3.21. The van der Waals surface area contributed by atoms with Gasteiger partial charge in [0.1, 0.15) is 12.4 Å². The Kier molecular flexibility index (Phi) is 6.67. The van der Waals surface area contributed by atoms with Crippen LogP contribution < -0.4 is 10.2 Å². The zero-order valence-electron chi connectivity index (χ0n) is 14.7. The number of benzene rings is 2.